The number of hydrogen-bond donors (Lipinski definition) is 0. The minimum absolute atomic E-state index is 0. The number of benzene rings is 1. The first-order valence-corrected chi connectivity index (χ1v) is 7.55. The molecule has 110 valence electrons. The van der Waals surface area contributed by atoms with Crippen molar-refractivity contribution in [2.24, 2.45) is 5.92 Å². The number of aliphatic carboxylic acids is 1. The largest absolute Gasteiger partial charge is 1.00 e. The van der Waals surface area contributed by atoms with Crippen LogP contribution < -0.4 is 34.7 Å². The number of carbonyl (C=O) groups is 1. The summed E-state index contributed by atoms with van der Waals surface area (Å²) in [6, 6.07) is 6.25. The predicted octanol–water partition coefficient (Wildman–Crippen LogP) is -1.23. The van der Waals surface area contributed by atoms with Gasteiger partial charge in [0.25, 0.3) is 0 Å². The smallest absolute Gasteiger partial charge is 0.550 e. The summed E-state index contributed by atoms with van der Waals surface area (Å²) in [5.74, 6) is 0.607. The van der Waals surface area contributed by atoms with Crippen molar-refractivity contribution in [2.45, 2.75) is 57.3 Å². The van der Waals surface area contributed by atoms with E-state index in [-0.39, 0.29) is 41.5 Å². The summed E-state index contributed by atoms with van der Waals surface area (Å²) < 4.78 is 0. The summed E-state index contributed by atoms with van der Waals surface area (Å²) in [6.45, 7) is 0. The predicted molar refractivity (Wildman–Crippen MR) is 76.4 cm³/mol. The minimum Gasteiger partial charge on any atom is -0.550 e. The molecular formula is C17H23NaO3. The van der Waals surface area contributed by atoms with Crippen molar-refractivity contribution in [2.75, 3.05) is 0 Å². The topological polar surface area (TPSA) is 71.6 Å². The molecule has 0 aliphatic heterocycles. The van der Waals surface area contributed by atoms with Crippen LogP contribution in [0.3, 0.4) is 0 Å². The summed E-state index contributed by atoms with van der Waals surface area (Å²) >= 11 is 0. The van der Waals surface area contributed by atoms with E-state index in [9.17, 15) is 9.90 Å². The van der Waals surface area contributed by atoms with E-state index in [1.807, 2.05) is 6.07 Å². The maximum absolute atomic E-state index is 10.7. The number of fused-ring (bicyclic) bond motifs is 1. The SMILES string of the molecule is O.O=C([O-])Cc1ccc2c(c1)CCC2C1CCCCC1.[Na+]. The van der Waals surface area contributed by atoms with E-state index in [0.29, 0.717) is 0 Å². The molecule has 1 saturated carbocycles. The van der Waals surface area contributed by atoms with E-state index in [2.05, 4.69) is 12.1 Å². The quantitative estimate of drug-likeness (QED) is 0.656. The van der Waals surface area contributed by atoms with Crippen LogP contribution in [0.15, 0.2) is 18.2 Å². The Kier molecular flexibility index (Phi) is 7.41. The van der Waals surface area contributed by atoms with Gasteiger partial charge in [0.1, 0.15) is 0 Å². The Balaban J connectivity index is 0.00000110. The molecule has 1 aromatic rings. The molecule has 0 radical (unpaired) electrons. The molecule has 2 aliphatic carbocycles. The van der Waals surface area contributed by atoms with E-state index in [0.717, 1.165) is 23.8 Å². The Morgan fingerprint density at radius 2 is 1.86 bits per heavy atom. The third-order valence-electron chi connectivity index (χ3n) is 4.90. The van der Waals surface area contributed by atoms with Crippen LogP contribution in [-0.2, 0) is 17.6 Å². The molecule has 3 nitrogen and oxygen atoms in total. The van der Waals surface area contributed by atoms with E-state index in [1.165, 1.54) is 49.7 Å². The summed E-state index contributed by atoms with van der Waals surface area (Å²) in [6.07, 6.45) is 9.36. The summed E-state index contributed by atoms with van der Waals surface area (Å²) in [4.78, 5) is 10.7. The molecule has 1 atom stereocenters. The molecular weight excluding hydrogens is 275 g/mol. The van der Waals surface area contributed by atoms with Crippen LogP contribution in [0.2, 0.25) is 0 Å². The number of carboxylic acids is 1. The zero-order chi connectivity index (χ0) is 13.2. The first-order valence-electron chi connectivity index (χ1n) is 7.55. The molecule has 0 spiro atoms. The fourth-order valence-corrected chi connectivity index (χ4v) is 4.01. The van der Waals surface area contributed by atoms with Crippen LogP contribution in [0.25, 0.3) is 0 Å². The minimum atomic E-state index is -0.984. The van der Waals surface area contributed by atoms with Gasteiger partial charge in [-0.1, -0.05) is 37.5 Å². The molecule has 1 unspecified atom stereocenters. The van der Waals surface area contributed by atoms with Crippen molar-refractivity contribution >= 4 is 5.97 Å². The van der Waals surface area contributed by atoms with Crippen molar-refractivity contribution in [1.29, 1.82) is 0 Å². The van der Waals surface area contributed by atoms with Gasteiger partial charge in [0.05, 0.1) is 0 Å². The second-order valence-electron chi connectivity index (χ2n) is 6.13. The monoisotopic (exact) mass is 298 g/mol. The standard InChI is InChI=1S/C17H22O2.Na.H2O/c18-17(19)11-12-6-8-16-14(10-12)7-9-15(16)13-4-2-1-3-5-13;;/h6,8,10,13,15H,1-5,7,9,11H2,(H,18,19);;1H2/q;+1;/p-1. The van der Waals surface area contributed by atoms with E-state index >= 15 is 0 Å². The van der Waals surface area contributed by atoms with Gasteiger partial charge in [-0.05, 0) is 54.2 Å². The zero-order valence-electron chi connectivity index (χ0n) is 12.9. The average molecular weight is 298 g/mol. The van der Waals surface area contributed by atoms with Crippen LogP contribution in [0.4, 0.5) is 0 Å². The van der Waals surface area contributed by atoms with Crippen molar-refractivity contribution in [1.82, 2.24) is 0 Å². The molecule has 2 N–H and O–H groups in total. The number of carboxylic acid groups (broad SMARTS) is 1. The summed E-state index contributed by atoms with van der Waals surface area (Å²) in [7, 11) is 0. The van der Waals surface area contributed by atoms with Gasteiger partial charge in [-0.15, -0.1) is 0 Å². The number of aryl methyl sites for hydroxylation is 1. The Morgan fingerprint density at radius 3 is 2.52 bits per heavy atom. The molecule has 21 heavy (non-hydrogen) atoms. The van der Waals surface area contributed by atoms with Crippen LogP contribution in [0.1, 0.15) is 61.1 Å². The molecule has 0 aromatic heterocycles. The molecule has 2 aliphatic rings. The second-order valence-corrected chi connectivity index (χ2v) is 6.13. The van der Waals surface area contributed by atoms with E-state index in [4.69, 9.17) is 0 Å². The Morgan fingerprint density at radius 1 is 1.14 bits per heavy atom. The van der Waals surface area contributed by atoms with Gasteiger partial charge >= 0.3 is 29.6 Å². The van der Waals surface area contributed by atoms with Crippen molar-refractivity contribution in [3.05, 3.63) is 34.9 Å². The Labute approximate surface area is 148 Å². The van der Waals surface area contributed by atoms with E-state index < -0.39 is 5.97 Å². The second kappa shape index (κ2) is 8.33. The molecule has 1 aromatic carbocycles. The number of hydrogen-bond acceptors (Lipinski definition) is 2. The Bertz CT molecular complexity index is 481. The number of rotatable bonds is 3. The Hall–Kier alpha value is -0.350. The fraction of sp³-hybridized carbons (Fsp3) is 0.588. The van der Waals surface area contributed by atoms with Crippen LogP contribution in [-0.4, -0.2) is 11.4 Å². The zero-order valence-corrected chi connectivity index (χ0v) is 14.9. The molecule has 3 rings (SSSR count). The first-order chi connectivity index (χ1) is 9.24. The third-order valence-corrected chi connectivity index (χ3v) is 4.90. The average Bonchev–Trinajstić information content (AvgIpc) is 2.82. The maximum atomic E-state index is 10.7. The van der Waals surface area contributed by atoms with Gasteiger partial charge in [-0.3, -0.25) is 0 Å². The van der Waals surface area contributed by atoms with E-state index in [1.54, 1.807) is 0 Å². The molecule has 1 fully saturated rings. The van der Waals surface area contributed by atoms with Gasteiger partial charge in [0.15, 0.2) is 0 Å². The van der Waals surface area contributed by atoms with Gasteiger partial charge < -0.3 is 15.4 Å². The number of carbonyl (C=O) groups excluding carboxylic acids is 1. The summed E-state index contributed by atoms with van der Waals surface area (Å²) in [5, 5.41) is 10.7. The molecule has 0 amide bonds. The fourth-order valence-electron chi connectivity index (χ4n) is 4.01. The van der Waals surface area contributed by atoms with Gasteiger partial charge in [-0.25, -0.2) is 0 Å². The van der Waals surface area contributed by atoms with Gasteiger partial charge in [-0.2, -0.15) is 0 Å². The molecule has 0 saturated heterocycles. The van der Waals surface area contributed by atoms with Crippen molar-refractivity contribution in [3.8, 4) is 0 Å². The van der Waals surface area contributed by atoms with Crippen molar-refractivity contribution in [3.63, 3.8) is 0 Å². The van der Waals surface area contributed by atoms with Gasteiger partial charge in [0.2, 0.25) is 0 Å². The van der Waals surface area contributed by atoms with Crippen LogP contribution in [0.5, 0.6) is 0 Å². The maximum Gasteiger partial charge on any atom is 1.00 e. The van der Waals surface area contributed by atoms with Gasteiger partial charge in [0, 0.05) is 12.4 Å². The normalized spacial score (nSPS) is 21.0. The molecule has 4 heteroatoms. The molecule has 0 heterocycles. The third kappa shape index (κ3) is 4.32. The van der Waals surface area contributed by atoms with Crippen molar-refractivity contribution < 1.29 is 44.9 Å². The summed E-state index contributed by atoms with van der Waals surface area (Å²) in [5.41, 5.74) is 3.77. The first kappa shape index (κ1) is 18.7. The van der Waals surface area contributed by atoms with Crippen LogP contribution in [0, 0.1) is 5.92 Å². The molecule has 0 bridgehead atoms. The van der Waals surface area contributed by atoms with Crippen LogP contribution >= 0.6 is 0 Å².